The summed E-state index contributed by atoms with van der Waals surface area (Å²) in [4.78, 5) is 2.76. The fourth-order valence-electron chi connectivity index (χ4n) is 2.28. The predicted molar refractivity (Wildman–Crippen MR) is 93.2 cm³/mol. The second kappa shape index (κ2) is 26.2. The van der Waals surface area contributed by atoms with E-state index in [0.29, 0.717) is 11.3 Å². The first-order valence-electron chi connectivity index (χ1n) is 7.67. The van der Waals surface area contributed by atoms with Gasteiger partial charge in [0, 0.05) is 0 Å². The van der Waals surface area contributed by atoms with E-state index in [9.17, 15) is 8.42 Å². The van der Waals surface area contributed by atoms with Crippen LogP contribution in [0.1, 0.15) is 25.7 Å². The van der Waals surface area contributed by atoms with E-state index in [1.165, 1.54) is 17.3 Å². The molecule has 0 aliphatic carbocycles. The summed E-state index contributed by atoms with van der Waals surface area (Å²) in [6, 6.07) is 8.70. The average Bonchev–Trinajstić information content (AvgIpc) is 3.36. The van der Waals surface area contributed by atoms with Gasteiger partial charge in [0.25, 0.3) is 0 Å². The molecule has 0 atom stereocenters. The predicted octanol–water partition coefficient (Wildman–Crippen LogP) is 1.83. The number of likely N-dealkylation sites (tertiary alicyclic amines) is 1. The topological polar surface area (TPSA) is 137 Å². The van der Waals surface area contributed by atoms with Crippen LogP contribution in [0.5, 0.6) is 0 Å². The Balaban J connectivity index is -0.000000273. The molecule has 0 amide bonds. The molecule has 0 N–H and O–H groups in total. The number of hydrogen-bond donors (Lipinski definition) is 0. The Kier molecular flexibility index (Phi) is 31.4. The number of sulfone groups is 1. The molecule has 1 aromatic rings. The summed E-state index contributed by atoms with van der Waals surface area (Å²) < 4.78 is 62.9. The zero-order chi connectivity index (χ0) is 23.7. The second-order valence-electron chi connectivity index (χ2n) is 4.82. The second-order valence-corrected chi connectivity index (χ2v) is 7.67. The van der Waals surface area contributed by atoms with Gasteiger partial charge < -0.3 is 0 Å². The van der Waals surface area contributed by atoms with E-state index in [0.717, 1.165) is 19.5 Å². The Bertz CT molecular complexity index is 696. The summed E-state index contributed by atoms with van der Waals surface area (Å²) in [5.74, 6) is 0.218. The summed E-state index contributed by atoms with van der Waals surface area (Å²) in [6.45, 7) is 24.7. The van der Waals surface area contributed by atoms with Crippen LogP contribution in [0.3, 0.4) is 0 Å². The van der Waals surface area contributed by atoms with Gasteiger partial charge >= 0.3 is 180 Å². The summed E-state index contributed by atoms with van der Waals surface area (Å²) in [7, 11) is -3.13. The SMILES string of the molecule is O=S(=O)(CCC[C](=[Cr])N1CCCC1)c1ccccc1.[C-]#[O+].[C-]#[O+].[C-]#[O+].[C-]#[O+].[C-]#[O+]. The third-order valence-electron chi connectivity index (χ3n) is 3.36. The van der Waals surface area contributed by atoms with Gasteiger partial charge in [0.05, 0.1) is 0 Å². The first kappa shape index (κ1) is 34.7. The van der Waals surface area contributed by atoms with Gasteiger partial charge in [-0.1, -0.05) is 0 Å². The molecule has 10 heteroatoms. The molecule has 2 rings (SSSR count). The fraction of sp³-hybridized carbons (Fsp3) is 0.368. The van der Waals surface area contributed by atoms with Gasteiger partial charge in [-0.25, -0.2) is 0 Å². The van der Waals surface area contributed by atoms with Crippen LogP contribution >= 0.6 is 0 Å². The average molecular weight is 457 g/mol. The van der Waals surface area contributed by atoms with Crippen LogP contribution in [-0.4, -0.2) is 36.7 Å². The zero-order valence-electron chi connectivity index (χ0n) is 15.5. The van der Waals surface area contributed by atoms with E-state index in [2.05, 4.69) is 54.0 Å². The van der Waals surface area contributed by atoms with E-state index < -0.39 is 9.84 Å². The Labute approximate surface area is 179 Å². The van der Waals surface area contributed by atoms with Crippen LogP contribution in [0, 0.1) is 33.3 Å². The molecule has 0 radical (unpaired) electrons. The third-order valence-corrected chi connectivity index (χ3v) is 5.90. The van der Waals surface area contributed by atoms with E-state index in [4.69, 9.17) is 23.3 Å². The fourth-order valence-corrected chi connectivity index (χ4v) is 4.13. The van der Waals surface area contributed by atoms with E-state index in [1.807, 2.05) is 6.07 Å². The molecule has 8 nitrogen and oxygen atoms in total. The number of hydrogen-bond acceptors (Lipinski definition) is 3. The van der Waals surface area contributed by atoms with Crippen molar-refractivity contribution in [1.82, 2.24) is 4.90 Å². The minimum atomic E-state index is -3.13. The number of benzene rings is 1. The Morgan fingerprint density at radius 1 is 0.862 bits per heavy atom. The molecule has 1 aliphatic heterocycles. The maximum atomic E-state index is 12.1. The molecule has 0 unspecified atom stereocenters. The number of nitrogens with zero attached hydrogens (tertiary/aromatic N) is 1. The van der Waals surface area contributed by atoms with Crippen LogP contribution in [0.4, 0.5) is 0 Å². The van der Waals surface area contributed by atoms with Gasteiger partial charge in [-0.3, -0.25) is 0 Å². The van der Waals surface area contributed by atoms with Crippen molar-refractivity contribution in [3.05, 3.63) is 63.6 Å². The van der Waals surface area contributed by atoms with Crippen molar-refractivity contribution in [2.75, 3.05) is 18.8 Å². The van der Waals surface area contributed by atoms with Gasteiger partial charge in [-0.2, -0.15) is 0 Å². The van der Waals surface area contributed by atoms with Crippen molar-refractivity contribution in [1.29, 1.82) is 0 Å². The Morgan fingerprint density at radius 3 is 1.69 bits per heavy atom. The molecule has 1 heterocycles. The zero-order valence-corrected chi connectivity index (χ0v) is 17.5. The van der Waals surface area contributed by atoms with Crippen LogP contribution < -0.4 is 0 Å². The third kappa shape index (κ3) is 16.9. The summed E-state index contributed by atoms with van der Waals surface area (Å²) in [5, 5.41) is 0. The van der Waals surface area contributed by atoms with Crippen LogP contribution in [0.2, 0.25) is 0 Å². The molecule has 154 valence electrons. The first-order valence-corrected chi connectivity index (χ1v) is 9.96. The molecular weight excluding hydrogens is 438 g/mol. The molecule has 1 aromatic carbocycles. The van der Waals surface area contributed by atoms with Crippen molar-refractivity contribution in [3.63, 3.8) is 0 Å². The molecule has 0 bridgehead atoms. The molecule has 0 saturated carbocycles. The molecule has 0 spiro atoms. The van der Waals surface area contributed by atoms with E-state index in [1.54, 1.807) is 24.3 Å². The van der Waals surface area contributed by atoms with Crippen LogP contribution in [0.15, 0.2) is 35.2 Å². The van der Waals surface area contributed by atoms with Gasteiger partial charge in [-0.15, -0.1) is 0 Å². The van der Waals surface area contributed by atoms with Crippen molar-refractivity contribution < 1.29 is 47.5 Å². The maximum absolute atomic E-state index is 12.1. The molecule has 1 aliphatic rings. The Morgan fingerprint density at radius 2 is 1.28 bits per heavy atom. The summed E-state index contributed by atoms with van der Waals surface area (Å²) in [5.41, 5.74) is 0. The molecule has 1 saturated heterocycles. The standard InChI is InChI=1S/C14H19NO2S.5CO.Cr/c16-18(17,14-8-2-1-3-9-14)13-7-6-12-15-10-4-5-11-15;5*1-2;/h1-3,8-9H,4-7,10-11,13H2;;;;;;. The molecule has 29 heavy (non-hydrogen) atoms. The minimum absolute atomic E-state index is 0.218. The summed E-state index contributed by atoms with van der Waals surface area (Å²) in [6.07, 6.45) is 3.99. The van der Waals surface area contributed by atoms with E-state index in [-0.39, 0.29) is 5.75 Å². The monoisotopic (exact) mass is 457 g/mol. The van der Waals surface area contributed by atoms with E-state index >= 15 is 0 Å². The quantitative estimate of drug-likeness (QED) is 0.476. The molecule has 1 fully saturated rings. The Hall–Kier alpha value is -1.77. The van der Waals surface area contributed by atoms with Crippen molar-refractivity contribution in [3.8, 4) is 0 Å². The van der Waals surface area contributed by atoms with Crippen LogP contribution in [0.25, 0.3) is 0 Å². The van der Waals surface area contributed by atoms with Crippen molar-refractivity contribution in [2.24, 2.45) is 0 Å². The molecular formula is C19H19CrNO7S. The van der Waals surface area contributed by atoms with Gasteiger partial charge in [-0.05, 0) is 0 Å². The van der Waals surface area contributed by atoms with Crippen LogP contribution in [-0.2, 0) is 48.9 Å². The number of rotatable bonds is 6. The van der Waals surface area contributed by atoms with Crippen molar-refractivity contribution in [2.45, 2.75) is 30.6 Å². The van der Waals surface area contributed by atoms with Gasteiger partial charge in [0.2, 0.25) is 0 Å². The molecule has 0 aromatic heterocycles. The summed E-state index contributed by atoms with van der Waals surface area (Å²) >= 11 is 3.09. The van der Waals surface area contributed by atoms with Gasteiger partial charge in [0.1, 0.15) is 0 Å². The normalized spacial score (nSPS) is 11.2. The van der Waals surface area contributed by atoms with Gasteiger partial charge in [0.15, 0.2) is 0 Å². The van der Waals surface area contributed by atoms with Crippen molar-refractivity contribution >= 4 is 14.3 Å². The first-order chi connectivity index (χ1) is 14.1.